The Kier molecular flexibility index (Phi) is 6.15. The molecule has 0 aromatic heterocycles. The molecule has 1 saturated carbocycles. The van der Waals surface area contributed by atoms with Crippen LogP contribution in [0.25, 0.3) is 0 Å². The number of hydrogen-bond acceptors (Lipinski definition) is 2. The van der Waals surface area contributed by atoms with E-state index in [4.69, 9.17) is 0 Å². The Morgan fingerprint density at radius 2 is 1.95 bits per heavy atom. The molecule has 1 heterocycles. The summed E-state index contributed by atoms with van der Waals surface area (Å²) in [7, 11) is 0. The highest BCUT2D eigenvalue weighted by Crippen LogP contribution is 2.35. The Hall–Kier alpha value is -0.0800. The van der Waals surface area contributed by atoms with Gasteiger partial charge in [0.2, 0.25) is 0 Å². The van der Waals surface area contributed by atoms with Crippen molar-refractivity contribution in [3.05, 3.63) is 0 Å². The smallest absolute Gasteiger partial charge is 0.0139 e. The summed E-state index contributed by atoms with van der Waals surface area (Å²) in [5, 5.41) is 3.68. The van der Waals surface area contributed by atoms with E-state index in [0.29, 0.717) is 0 Å². The fourth-order valence-electron chi connectivity index (χ4n) is 3.86. The average molecular weight is 266 g/mol. The van der Waals surface area contributed by atoms with Crippen molar-refractivity contribution in [3.63, 3.8) is 0 Å². The highest BCUT2D eigenvalue weighted by molar-refractivity contribution is 4.93. The molecule has 2 aliphatic rings. The molecule has 0 aromatic rings. The SMILES string of the molecule is CCC1CCCCCN1C1CCC1CNCC(C)C. The molecule has 2 nitrogen and oxygen atoms in total. The van der Waals surface area contributed by atoms with Gasteiger partial charge in [0.15, 0.2) is 0 Å². The standard InChI is InChI=1S/C17H34N2/c1-4-16-8-6-5-7-11-19(16)17-10-9-15(17)13-18-12-14(2)3/h14-18H,4-13H2,1-3H3. The van der Waals surface area contributed by atoms with Crippen LogP contribution in [0.15, 0.2) is 0 Å². The zero-order valence-electron chi connectivity index (χ0n) is 13.3. The topological polar surface area (TPSA) is 15.3 Å². The molecule has 1 aliphatic heterocycles. The molecular formula is C17H34N2. The molecule has 2 fully saturated rings. The van der Waals surface area contributed by atoms with Gasteiger partial charge in [0.1, 0.15) is 0 Å². The van der Waals surface area contributed by atoms with E-state index in [2.05, 4.69) is 31.0 Å². The number of likely N-dealkylation sites (tertiary alicyclic amines) is 1. The van der Waals surface area contributed by atoms with Crippen LogP contribution in [0.3, 0.4) is 0 Å². The summed E-state index contributed by atoms with van der Waals surface area (Å²) < 4.78 is 0. The van der Waals surface area contributed by atoms with Crippen LogP contribution < -0.4 is 5.32 Å². The molecule has 2 heteroatoms. The molecular weight excluding hydrogens is 232 g/mol. The van der Waals surface area contributed by atoms with E-state index in [1.54, 1.807) is 0 Å². The van der Waals surface area contributed by atoms with Crippen LogP contribution in [0.1, 0.15) is 65.7 Å². The second kappa shape index (κ2) is 7.64. The van der Waals surface area contributed by atoms with Gasteiger partial charge in [0.25, 0.3) is 0 Å². The number of nitrogens with one attached hydrogen (secondary N) is 1. The number of hydrogen-bond donors (Lipinski definition) is 1. The molecule has 19 heavy (non-hydrogen) atoms. The number of rotatable bonds is 6. The molecule has 0 aromatic carbocycles. The van der Waals surface area contributed by atoms with Crippen LogP contribution >= 0.6 is 0 Å². The summed E-state index contributed by atoms with van der Waals surface area (Å²) in [5.74, 6) is 1.70. The highest BCUT2D eigenvalue weighted by Gasteiger charge is 2.37. The summed E-state index contributed by atoms with van der Waals surface area (Å²) in [6.07, 6.45) is 10.0. The summed E-state index contributed by atoms with van der Waals surface area (Å²) in [5.41, 5.74) is 0. The zero-order chi connectivity index (χ0) is 13.7. The lowest BCUT2D eigenvalue weighted by molar-refractivity contribution is 0.0274. The van der Waals surface area contributed by atoms with Crippen molar-refractivity contribution >= 4 is 0 Å². The van der Waals surface area contributed by atoms with Gasteiger partial charge in [0, 0.05) is 12.1 Å². The molecule has 0 amide bonds. The van der Waals surface area contributed by atoms with Crippen molar-refractivity contribution in [2.45, 2.75) is 77.8 Å². The fraction of sp³-hybridized carbons (Fsp3) is 1.00. The summed E-state index contributed by atoms with van der Waals surface area (Å²) in [4.78, 5) is 2.89. The van der Waals surface area contributed by atoms with Gasteiger partial charge >= 0.3 is 0 Å². The Morgan fingerprint density at radius 1 is 1.11 bits per heavy atom. The number of nitrogens with zero attached hydrogens (tertiary/aromatic N) is 1. The Labute approximate surface area is 120 Å². The molecule has 1 aliphatic carbocycles. The molecule has 3 unspecified atom stereocenters. The average Bonchev–Trinajstić information content (AvgIpc) is 2.58. The first kappa shape index (κ1) is 15.3. The van der Waals surface area contributed by atoms with Gasteiger partial charge < -0.3 is 5.32 Å². The quantitative estimate of drug-likeness (QED) is 0.789. The van der Waals surface area contributed by atoms with Crippen LogP contribution in [0, 0.1) is 11.8 Å². The minimum Gasteiger partial charge on any atom is -0.316 e. The molecule has 3 atom stereocenters. The largest absolute Gasteiger partial charge is 0.316 e. The van der Waals surface area contributed by atoms with Gasteiger partial charge in [-0.3, -0.25) is 4.90 Å². The molecule has 0 bridgehead atoms. The van der Waals surface area contributed by atoms with E-state index < -0.39 is 0 Å². The van der Waals surface area contributed by atoms with E-state index in [1.807, 2.05) is 0 Å². The lowest BCUT2D eigenvalue weighted by Crippen LogP contribution is -2.54. The second-order valence-corrected chi connectivity index (χ2v) is 7.11. The molecule has 112 valence electrons. The van der Waals surface area contributed by atoms with E-state index in [9.17, 15) is 0 Å². The Balaban J connectivity index is 1.81. The van der Waals surface area contributed by atoms with Gasteiger partial charge in [0.05, 0.1) is 0 Å². The van der Waals surface area contributed by atoms with Crippen molar-refractivity contribution in [2.24, 2.45) is 11.8 Å². The van der Waals surface area contributed by atoms with Crippen LogP contribution in [0.2, 0.25) is 0 Å². The molecule has 2 rings (SSSR count). The maximum Gasteiger partial charge on any atom is 0.0139 e. The second-order valence-electron chi connectivity index (χ2n) is 7.11. The Bertz CT molecular complexity index is 252. The van der Waals surface area contributed by atoms with Crippen LogP contribution in [-0.2, 0) is 0 Å². The van der Waals surface area contributed by atoms with Crippen LogP contribution in [-0.4, -0.2) is 36.6 Å². The van der Waals surface area contributed by atoms with Crippen molar-refractivity contribution in [1.29, 1.82) is 0 Å². The van der Waals surface area contributed by atoms with Crippen molar-refractivity contribution < 1.29 is 0 Å². The van der Waals surface area contributed by atoms with Crippen molar-refractivity contribution in [3.8, 4) is 0 Å². The van der Waals surface area contributed by atoms with E-state index in [0.717, 1.165) is 23.9 Å². The van der Waals surface area contributed by atoms with Gasteiger partial charge in [-0.25, -0.2) is 0 Å². The molecule has 1 saturated heterocycles. The highest BCUT2D eigenvalue weighted by atomic mass is 15.2. The minimum atomic E-state index is 0.778. The maximum absolute atomic E-state index is 3.68. The predicted molar refractivity (Wildman–Crippen MR) is 83.5 cm³/mol. The lowest BCUT2D eigenvalue weighted by Gasteiger charge is -2.47. The zero-order valence-corrected chi connectivity index (χ0v) is 13.3. The van der Waals surface area contributed by atoms with Gasteiger partial charge in [-0.1, -0.05) is 33.6 Å². The first-order valence-electron chi connectivity index (χ1n) is 8.68. The Morgan fingerprint density at radius 3 is 2.58 bits per heavy atom. The van der Waals surface area contributed by atoms with Crippen LogP contribution in [0.5, 0.6) is 0 Å². The summed E-state index contributed by atoms with van der Waals surface area (Å²) >= 11 is 0. The minimum absolute atomic E-state index is 0.778. The normalized spacial score (nSPS) is 33.2. The lowest BCUT2D eigenvalue weighted by atomic mass is 9.77. The predicted octanol–water partition coefficient (Wildman–Crippen LogP) is 3.67. The molecule has 0 spiro atoms. The van der Waals surface area contributed by atoms with Crippen molar-refractivity contribution in [2.75, 3.05) is 19.6 Å². The monoisotopic (exact) mass is 266 g/mol. The van der Waals surface area contributed by atoms with Gasteiger partial charge in [-0.2, -0.15) is 0 Å². The molecule has 0 radical (unpaired) electrons. The van der Waals surface area contributed by atoms with Crippen LogP contribution in [0.4, 0.5) is 0 Å². The molecule has 1 N–H and O–H groups in total. The van der Waals surface area contributed by atoms with E-state index in [-0.39, 0.29) is 0 Å². The van der Waals surface area contributed by atoms with Gasteiger partial charge in [-0.05, 0) is 63.6 Å². The maximum atomic E-state index is 3.68. The summed E-state index contributed by atoms with van der Waals surface area (Å²) in [6, 6.07) is 1.77. The van der Waals surface area contributed by atoms with E-state index in [1.165, 1.54) is 64.6 Å². The van der Waals surface area contributed by atoms with E-state index >= 15 is 0 Å². The van der Waals surface area contributed by atoms with Crippen molar-refractivity contribution in [1.82, 2.24) is 10.2 Å². The third kappa shape index (κ3) is 4.19. The van der Waals surface area contributed by atoms with Gasteiger partial charge in [-0.15, -0.1) is 0 Å². The fourth-order valence-corrected chi connectivity index (χ4v) is 3.86. The first-order valence-corrected chi connectivity index (χ1v) is 8.68. The third-order valence-corrected chi connectivity index (χ3v) is 5.16. The summed E-state index contributed by atoms with van der Waals surface area (Å²) in [6.45, 7) is 10.8. The third-order valence-electron chi connectivity index (χ3n) is 5.16. The first-order chi connectivity index (χ1) is 9.22.